The van der Waals surface area contributed by atoms with E-state index in [1.54, 1.807) is 6.33 Å². The Morgan fingerprint density at radius 3 is 2.84 bits per heavy atom. The normalized spacial score (nSPS) is 21.6. The molecular formula is C18H25N5O2. The molecule has 3 heterocycles. The average Bonchev–Trinajstić information content (AvgIpc) is 3.29. The molecule has 2 aromatic rings. The SMILES string of the molecule is CC(C)c1noc([C@@H]2Cc3nc[nH]c3CN2C(=O)C2CCCCC2)n1. The van der Waals surface area contributed by atoms with Gasteiger partial charge in [-0.05, 0) is 12.8 Å². The van der Waals surface area contributed by atoms with E-state index in [9.17, 15) is 4.79 Å². The van der Waals surface area contributed by atoms with Gasteiger partial charge in [0.05, 0.1) is 24.3 Å². The van der Waals surface area contributed by atoms with Gasteiger partial charge in [0.1, 0.15) is 6.04 Å². The fourth-order valence-electron chi connectivity index (χ4n) is 3.89. The number of carbonyl (C=O) groups is 1. The Morgan fingerprint density at radius 1 is 1.32 bits per heavy atom. The number of aromatic amines is 1. The maximum Gasteiger partial charge on any atom is 0.249 e. The molecule has 0 spiro atoms. The van der Waals surface area contributed by atoms with E-state index in [4.69, 9.17) is 4.52 Å². The van der Waals surface area contributed by atoms with Crippen molar-refractivity contribution in [2.45, 2.75) is 70.9 Å². The molecule has 0 aromatic carbocycles. The van der Waals surface area contributed by atoms with Crippen LogP contribution in [-0.2, 0) is 17.8 Å². The topological polar surface area (TPSA) is 87.9 Å². The summed E-state index contributed by atoms with van der Waals surface area (Å²) in [7, 11) is 0. The number of nitrogens with one attached hydrogen (secondary N) is 1. The number of aromatic nitrogens is 4. The van der Waals surface area contributed by atoms with E-state index in [1.807, 2.05) is 18.7 Å². The fraction of sp³-hybridized carbons (Fsp3) is 0.667. The zero-order chi connectivity index (χ0) is 17.4. The molecule has 25 heavy (non-hydrogen) atoms. The number of imidazole rings is 1. The lowest BCUT2D eigenvalue weighted by molar-refractivity contribution is -0.141. The van der Waals surface area contributed by atoms with Crippen LogP contribution in [0.2, 0.25) is 0 Å². The molecule has 1 amide bonds. The first-order chi connectivity index (χ1) is 12.1. The monoisotopic (exact) mass is 343 g/mol. The molecule has 0 unspecified atom stereocenters. The highest BCUT2D eigenvalue weighted by Gasteiger charge is 2.38. The standard InChI is InChI=1S/C18H25N5O2/c1-11(2)16-21-17(25-22-16)15-8-13-14(20-10-19-13)9-23(15)18(24)12-6-4-3-5-7-12/h10-12,15H,3-9H2,1-2H3,(H,19,20)/t15-/m0/s1. The van der Waals surface area contributed by atoms with Crippen LogP contribution in [0.15, 0.2) is 10.9 Å². The number of nitrogens with zero attached hydrogens (tertiary/aromatic N) is 4. The summed E-state index contributed by atoms with van der Waals surface area (Å²) < 4.78 is 5.53. The molecule has 1 atom stereocenters. The predicted molar refractivity (Wildman–Crippen MR) is 90.5 cm³/mol. The molecule has 0 saturated heterocycles. The number of rotatable bonds is 3. The van der Waals surface area contributed by atoms with E-state index in [1.165, 1.54) is 6.42 Å². The minimum atomic E-state index is -0.217. The average molecular weight is 343 g/mol. The largest absolute Gasteiger partial charge is 0.347 e. The summed E-state index contributed by atoms with van der Waals surface area (Å²) in [6.07, 6.45) is 7.81. The van der Waals surface area contributed by atoms with Crippen molar-refractivity contribution in [1.82, 2.24) is 25.0 Å². The molecule has 2 aromatic heterocycles. The van der Waals surface area contributed by atoms with Crippen LogP contribution in [0.25, 0.3) is 0 Å². The minimum absolute atomic E-state index is 0.119. The molecule has 7 nitrogen and oxygen atoms in total. The molecular weight excluding hydrogens is 318 g/mol. The van der Waals surface area contributed by atoms with Gasteiger partial charge in [0.25, 0.3) is 0 Å². The van der Waals surface area contributed by atoms with Crippen molar-refractivity contribution in [3.05, 3.63) is 29.4 Å². The zero-order valence-corrected chi connectivity index (χ0v) is 14.9. The summed E-state index contributed by atoms with van der Waals surface area (Å²) in [5.74, 6) is 1.75. The van der Waals surface area contributed by atoms with Crippen LogP contribution in [0.3, 0.4) is 0 Å². The van der Waals surface area contributed by atoms with Crippen molar-refractivity contribution in [3.63, 3.8) is 0 Å². The molecule has 2 aliphatic rings. The Hall–Kier alpha value is -2.18. The number of hydrogen-bond donors (Lipinski definition) is 1. The van der Waals surface area contributed by atoms with Crippen molar-refractivity contribution in [3.8, 4) is 0 Å². The van der Waals surface area contributed by atoms with Gasteiger partial charge in [0.2, 0.25) is 11.8 Å². The van der Waals surface area contributed by atoms with Crippen LogP contribution < -0.4 is 0 Å². The number of carbonyl (C=O) groups excluding carboxylic acids is 1. The first-order valence-electron chi connectivity index (χ1n) is 9.28. The fourth-order valence-corrected chi connectivity index (χ4v) is 3.89. The lowest BCUT2D eigenvalue weighted by Crippen LogP contribution is -2.42. The van der Waals surface area contributed by atoms with Crippen LogP contribution in [-0.4, -0.2) is 30.9 Å². The Labute approximate surface area is 147 Å². The van der Waals surface area contributed by atoms with E-state index in [-0.39, 0.29) is 23.8 Å². The summed E-state index contributed by atoms with van der Waals surface area (Å²) in [4.78, 5) is 27.3. The molecule has 7 heteroatoms. The van der Waals surface area contributed by atoms with E-state index in [0.717, 1.165) is 37.1 Å². The molecule has 134 valence electrons. The molecule has 1 N–H and O–H groups in total. The highest BCUT2D eigenvalue weighted by molar-refractivity contribution is 5.79. The van der Waals surface area contributed by atoms with Crippen molar-refractivity contribution >= 4 is 5.91 Å². The van der Waals surface area contributed by atoms with Gasteiger partial charge in [-0.15, -0.1) is 0 Å². The highest BCUT2D eigenvalue weighted by Crippen LogP contribution is 2.35. The van der Waals surface area contributed by atoms with Crippen LogP contribution in [0.4, 0.5) is 0 Å². The molecule has 4 rings (SSSR count). The summed E-state index contributed by atoms with van der Waals surface area (Å²) in [5, 5.41) is 4.09. The van der Waals surface area contributed by atoms with Crippen LogP contribution in [0.1, 0.15) is 81.0 Å². The number of hydrogen-bond acceptors (Lipinski definition) is 5. The molecule has 0 bridgehead atoms. The van der Waals surface area contributed by atoms with Gasteiger partial charge in [-0.3, -0.25) is 4.79 Å². The van der Waals surface area contributed by atoms with Gasteiger partial charge in [-0.25, -0.2) is 4.98 Å². The third-order valence-electron chi connectivity index (χ3n) is 5.40. The van der Waals surface area contributed by atoms with Gasteiger partial charge < -0.3 is 14.4 Å². The lowest BCUT2D eigenvalue weighted by atomic mass is 9.87. The zero-order valence-electron chi connectivity index (χ0n) is 14.9. The third-order valence-corrected chi connectivity index (χ3v) is 5.40. The van der Waals surface area contributed by atoms with Crippen molar-refractivity contribution < 1.29 is 9.32 Å². The minimum Gasteiger partial charge on any atom is -0.347 e. The van der Waals surface area contributed by atoms with Crippen molar-refractivity contribution in [2.75, 3.05) is 0 Å². The summed E-state index contributed by atoms with van der Waals surface area (Å²) in [5.41, 5.74) is 2.01. The molecule has 1 fully saturated rings. The van der Waals surface area contributed by atoms with Gasteiger partial charge in [0, 0.05) is 18.3 Å². The van der Waals surface area contributed by atoms with E-state index >= 15 is 0 Å². The second kappa shape index (κ2) is 6.61. The number of fused-ring (bicyclic) bond motifs is 1. The van der Waals surface area contributed by atoms with Gasteiger partial charge in [0.15, 0.2) is 5.82 Å². The van der Waals surface area contributed by atoms with Crippen LogP contribution in [0, 0.1) is 5.92 Å². The van der Waals surface area contributed by atoms with E-state index < -0.39 is 0 Å². The van der Waals surface area contributed by atoms with Gasteiger partial charge in [-0.1, -0.05) is 38.3 Å². The quantitative estimate of drug-likeness (QED) is 0.925. The Kier molecular flexibility index (Phi) is 4.31. The van der Waals surface area contributed by atoms with E-state index in [0.29, 0.717) is 24.7 Å². The second-order valence-electron chi connectivity index (χ2n) is 7.49. The summed E-state index contributed by atoms with van der Waals surface area (Å²) in [6.45, 7) is 4.60. The van der Waals surface area contributed by atoms with Gasteiger partial charge in [-0.2, -0.15) is 4.98 Å². The molecule has 1 aliphatic heterocycles. The first-order valence-corrected chi connectivity index (χ1v) is 9.28. The summed E-state index contributed by atoms with van der Waals surface area (Å²) >= 11 is 0. The third kappa shape index (κ3) is 3.07. The number of H-pyrrole nitrogens is 1. The summed E-state index contributed by atoms with van der Waals surface area (Å²) in [6, 6.07) is -0.217. The molecule has 0 radical (unpaired) electrons. The van der Waals surface area contributed by atoms with Crippen LogP contribution in [0.5, 0.6) is 0 Å². The highest BCUT2D eigenvalue weighted by atomic mass is 16.5. The Morgan fingerprint density at radius 2 is 2.12 bits per heavy atom. The maximum absolute atomic E-state index is 13.2. The maximum atomic E-state index is 13.2. The predicted octanol–water partition coefficient (Wildman–Crippen LogP) is 3.12. The molecule has 1 saturated carbocycles. The molecule has 1 aliphatic carbocycles. The number of amides is 1. The van der Waals surface area contributed by atoms with Crippen LogP contribution >= 0.6 is 0 Å². The Bertz CT molecular complexity index is 744. The van der Waals surface area contributed by atoms with Gasteiger partial charge >= 0.3 is 0 Å². The lowest BCUT2D eigenvalue weighted by Gasteiger charge is -2.36. The Balaban J connectivity index is 1.64. The van der Waals surface area contributed by atoms with E-state index in [2.05, 4.69) is 20.1 Å². The smallest absolute Gasteiger partial charge is 0.249 e. The van der Waals surface area contributed by atoms with Crippen molar-refractivity contribution in [1.29, 1.82) is 0 Å². The van der Waals surface area contributed by atoms with Crippen molar-refractivity contribution in [2.24, 2.45) is 5.92 Å². The first kappa shape index (κ1) is 16.3. The second-order valence-corrected chi connectivity index (χ2v) is 7.49.